The molecule has 0 bridgehead atoms. The zero-order chi connectivity index (χ0) is 24.0. The lowest BCUT2D eigenvalue weighted by atomic mass is 10.1. The second kappa shape index (κ2) is 9.95. The molecule has 0 aliphatic rings. The number of amides is 2. The highest BCUT2D eigenvalue weighted by molar-refractivity contribution is 6.10. The van der Waals surface area contributed by atoms with E-state index in [1.165, 1.54) is 32.4 Å². The Bertz CT molecular complexity index is 1220. The lowest BCUT2D eigenvalue weighted by Crippen LogP contribution is -2.17. The highest BCUT2D eigenvalue weighted by atomic mass is 16.5. The number of rotatable bonds is 6. The third kappa shape index (κ3) is 5.25. The van der Waals surface area contributed by atoms with Gasteiger partial charge in [0.15, 0.2) is 0 Å². The smallest absolute Gasteiger partial charge is 0.255 e. The molecule has 3 aromatic rings. The van der Waals surface area contributed by atoms with E-state index < -0.39 is 11.8 Å². The van der Waals surface area contributed by atoms with Crippen molar-refractivity contribution in [1.82, 2.24) is 0 Å². The van der Waals surface area contributed by atoms with Gasteiger partial charge in [-0.2, -0.15) is 0 Å². The van der Waals surface area contributed by atoms with Gasteiger partial charge in [0.2, 0.25) is 0 Å². The molecule has 0 saturated carbocycles. The molecular formula is C26H21N3O4. The van der Waals surface area contributed by atoms with Crippen molar-refractivity contribution in [2.45, 2.75) is 0 Å². The van der Waals surface area contributed by atoms with Crippen LogP contribution in [0.25, 0.3) is 0 Å². The van der Waals surface area contributed by atoms with Crippen LogP contribution in [0.5, 0.6) is 11.5 Å². The first-order chi connectivity index (χ1) is 15.9. The molecule has 0 aromatic heterocycles. The Morgan fingerprint density at radius 3 is 1.55 bits per heavy atom. The van der Waals surface area contributed by atoms with Crippen LogP contribution in [-0.4, -0.2) is 26.0 Å². The lowest BCUT2D eigenvalue weighted by Gasteiger charge is -2.13. The molecule has 0 heterocycles. The number of nitrogens with two attached hydrogens (primary N) is 1. The topological polar surface area (TPSA) is 103 Å². The average Bonchev–Trinajstić information content (AvgIpc) is 2.83. The molecule has 0 atom stereocenters. The number of methoxy groups -OCH3 is 2. The van der Waals surface area contributed by atoms with Crippen molar-refractivity contribution in [3.05, 3.63) is 76.9 Å². The van der Waals surface area contributed by atoms with E-state index in [4.69, 9.17) is 28.1 Å². The fourth-order valence-corrected chi connectivity index (χ4v) is 3.07. The number of nitrogens with one attached hydrogen (secondary N) is 2. The van der Waals surface area contributed by atoms with Crippen LogP contribution in [0, 0.1) is 24.7 Å². The van der Waals surface area contributed by atoms with E-state index in [1.807, 2.05) is 0 Å². The van der Waals surface area contributed by atoms with Gasteiger partial charge in [-0.05, 0) is 54.6 Å². The summed E-state index contributed by atoms with van der Waals surface area (Å²) in [5, 5.41) is 5.49. The predicted molar refractivity (Wildman–Crippen MR) is 129 cm³/mol. The SMILES string of the molecule is C#Cc1ccc(NC(=O)c2cc(N)cc(C(=O)Nc3ccc(C#C)cc3OC)c2)c(OC)c1. The molecule has 7 heteroatoms. The van der Waals surface area contributed by atoms with E-state index >= 15 is 0 Å². The van der Waals surface area contributed by atoms with Gasteiger partial charge in [-0.15, -0.1) is 12.8 Å². The van der Waals surface area contributed by atoms with Crippen molar-refractivity contribution in [2.75, 3.05) is 30.6 Å². The maximum absolute atomic E-state index is 12.9. The maximum Gasteiger partial charge on any atom is 0.255 e. The minimum Gasteiger partial charge on any atom is -0.495 e. The van der Waals surface area contributed by atoms with Crippen molar-refractivity contribution >= 4 is 28.9 Å². The Kier molecular flexibility index (Phi) is 6.87. The summed E-state index contributed by atoms with van der Waals surface area (Å²) in [6, 6.07) is 14.3. The summed E-state index contributed by atoms with van der Waals surface area (Å²) in [4.78, 5) is 25.7. The van der Waals surface area contributed by atoms with E-state index in [1.54, 1.807) is 36.4 Å². The van der Waals surface area contributed by atoms with Gasteiger partial charge < -0.3 is 25.8 Å². The second-order valence-corrected chi connectivity index (χ2v) is 6.87. The predicted octanol–water partition coefficient (Wildman–Crippen LogP) is 3.75. The molecule has 3 rings (SSSR count). The Morgan fingerprint density at radius 1 is 0.758 bits per heavy atom. The number of nitrogen functional groups attached to an aromatic ring is 1. The van der Waals surface area contributed by atoms with Crippen molar-refractivity contribution in [1.29, 1.82) is 0 Å². The maximum atomic E-state index is 12.9. The first-order valence-corrected chi connectivity index (χ1v) is 9.71. The molecule has 0 unspecified atom stereocenters. The Hall–Kier alpha value is -4.88. The highest BCUT2D eigenvalue weighted by Crippen LogP contribution is 2.28. The molecule has 3 aromatic carbocycles. The van der Waals surface area contributed by atoms with Crippen LogP contribution in [0.4, 0.5) is 17.1 Å². The number of carbonyl (C=O) groups excluding carboxylic acids is 2. The number of hydrogen-bond donors (Lipinski definition) is 3. The van der Waals surface area contributed by atoms with Gasteiger partial charge in [0.05, 0.1) is 25.6 Å². The molecule has 0 spiro atoms. The number of anilines is 3. The zero-order valence-electron chi connectivity index (χ0n) is 18.1. The zero-order valence-corrected chi connectivity index (χ0v) is 18.1. The van der Waals surface area contributed by atoms with Gasteiger partial charge in [-0.25, -0.2) is 0 Å². The Morgan fingerprint density at radius 2 is 1.18 bits per heavy atom. The summed E-state index contributed by atoms with van der Waals surface area (Å²) in [5.74, 6) is 4.87. The van der Waals surface area contributed by atoms with Crippen molar-refractivity contribution in [3.8, 4) is 36.2 Å². The molecular weight excluding hydrogens is 418 g/mol. The first kappa shape index (κ1) is 22.8. The first-order valence-electron chi connectivity index (χ1n) is 9.71. The average molecular weight is 439 g/mol. The molecule has 33 heavy (non-hydrogen) atoms. The highest BCUT2D eigenvalue weighted by Gasteiger charge is 2.16. The largest absolute Gasteiger partial charge is 0.495 e. The Balaban J connectivity index is 1.85. The quantitative estimate of drug-likeness (QED) is 0.401. The van der Waals surface area contributed by atoms with Gasteiger partial charge >= 0.3 is 0 Å². The van der Waals surface area contributed by atoms with Crippen LogP contribution in [0.15, 0.2) is 54.6 Å². The van der Waals surface area contributed by atoms with Gasteiger partial charge in [-0.3, -0.25) is 9.59 Å². The number of terminal acetylenes is 2. The fourth-order valence-electron chi connectivity index (χ4n) is 3.07. The molecule has 0 saturated heterocycles. The normalized spacial score (nSPS) is 9.82. The van der Waals surface area contributed by atoms with E-state index in [0.29, 0.717) is 34.0 Å². The standard InChI is InChI=1S/C26H21N3O4/c1-5-16-7-9-21(23(11-16)32-3)28-25(30)18-13-19(15-20(27)14-18)26(31)29-22-10-8-17(6-2)12-24(22)33-4/h1-2,7-15H,27H2,3-4H3,(H,28,30)(H,29,31). The van der Waals surface area contributed by atoms with Gasteiger partial charge in [-0.1, -0.05) is 11.8 Å². The Labute approximate surface area is 191 Å². The summed E-state index contributed by atoms with van der Waals surface area (Å²) in [5.41, 5.74) is 8.66. The summed E-state index contributed by atoms with van der Waals surface area (Å²) in [6.07, 6.45) is 10.8. The minimum absolute atomic E-state index is 0.192. The number of hydrogen-bond acceptors (Lipinski definition) is 5. The van der Waals surface area contributed by atoms with Crippen LogP contribution in [-0.2, 0) is 0 Å². The summed E-state index contributed by atoms with van der Waals surface area (Å²) < 4.78 is 10.6. The number of carbonyl (C=O) groups is 2. The van der Waals surface area contributed by atoms with Crippen LogP contribution < -0.4 is 25.8 Å². The second-order valence-electron chi connectivity index (χ2n) is 6.87. The van der Waals surface area contributed by atoms with Crippen LogP contribution in [0.2, 0.25) is 0 Å². The van der Waals surface area contributed by atoms with Crippen molar-refractivity contribution in [3.63, 3.8) is 0 Å². The molecule has 7 nitrogen and oxygen atoms in total. The summed E-state index contributed by atoms with van der Waals surface area (Å²) in [6.45, 7) is 0. The monoisotopic (exact) mass is 439 g/mol. The molecule has 0 aliphatic carbocycles. The molecule has 2 amide bonds. The molecule has 164 valence electrons. The summed E-state index contributed by atoms with van der Waals surface area (Å²) in [7, 11) is 2.94. The molecule has 0 radical (unpaired) electrons. The fraction of sp³-hybridized carbons (Fsp3) is 0.0769. The number of ether oxygens (including phenoxy) is 2. The third-order valence-corrected chi connectivity index (χ3v) is 4.71. The van der Waals surface area contributed by atoms with E-state index in [2.05, 4.69) is 22.5 Å². The minimum atomic E-state index is -0.473. The summed E-state index contributed by atoms with van der Waals surface area (Å²) >= 11 is 0. The molecule has 0 fully saturated rings. The third-order valence-electron chi connectivity index (χ3n) is 4.71. The van der Waals surface area contributed by atoms with E-state index in [-0.39, 0.29) is 16.8 Å². The molecule has 4 N–H and O–H groups in total. The molecule has 0 aliphatic heterocycles. The van der Waals surface area contributed by atoms with E-state index in [9.17, 15) is 9.59 Å². The van der Waals surface area contributed by atoms with Gasteiger partial charge in [0.25, 0.3) is 11.8 Å². The van der Waals surface area contributed by atoms with Crippen LogP contribution in [0.3, 0.4) is 0 Å². The van der Waals surface area contributed by atoms with Crippen LogP contribution in [0.1, 0.15) is 31.8 Å². The van der Waals surface area contributed by atoms with Crippen LogP contribution >= 0.6 is 0 Å². The lowest BCUT2D eigenvalue weighted by molar-refractivity contribution is 0.102. The van der Waals surface area contributed by atoms with Crippen molar-refractivity contribution < 1.29 is 19.1 Å². The van der Waals surface area contributed by atoms with Gasteiger partial charge in [0, 0.05) is 27.9 Å². The number of benzene rings is 3. The van der Waals surface area contributed by atoms with Gasteiger partial charge in [0.1, 0.15) is 11.5 Å². The van der Waals surface area contributed by atoms with Crippen molar-refractivity contribution in [2.24, 2.45) is 0 Å². The van der Waals surface area contributed by atoms with E-state index in [0.717, 1.165) is 0 Å².